The van der Waals surface area contributed by atoms with Crippen LogP contribution in [0.2, 0.25) is 0 Å². The van der Waals surface area contributed by atoms with E-state index in [1.54, 1.807) is 13.0 Å². The lowest BCUT2D eigenvalue weighted by atomic mass is 9.99. The second kappa shape index (κ2) is 4.98. The normalized spacial score (nSPS) is 10.4. The summed E-state index contributed by atoms with van der Waals surface area (Å²) >= 11 is 3.13. The number of benzene rings is 2. The van der Waals surface area contributed by atoms with E-state index in [1.807, 2.05) is 0 Å². The van der Waals surface area contributed by atoms with E-state index in [2.05, 4.69) is 15.9 Å². The van der Waals surface area contributed by atoms with Gasteiger partial charge in [-0.15, -0.1) is 0 Å². The standard InChI is InChI=1S/C14H9BrF2O/c1-8-2-3-9(16)6-12(8)14(18)11-5-4-10(17)7-13(11)15/h2-7H,1H3. The minimum Gasteiger partial charge on any atom is -0.289 e. The van der Waals surface area contributed by atoms with E-state index in [9.17, 15) is 13.6 Å². The van der Waals surface area contributed by atoms with E-state index in [-0.39, 0.29) is 11.3 Å². The summed E-state index contributed by atoms with van der Waals surface area (Å²) in [7, 11) is 0. The van der Waals surface area contributed by atoms with Crippen LogP contribution >= 0.6 is 15.9 Å². The molecule has 0 aromatic heterocycles. The fourth-order valence-electron chi connectivity index (χ4n) is 1.66. The first-order valence-electron chi connectivity index (χ1n) is 5.25. The fourth-order valence-corrected chi connectivity index (χ4v) is 2.19. The number of carbonyl (C=O) groups is 1. The first-order chi connectivity index (χ1) is 8.49. The second-order valence-corrected chi connectivity index (χ2v) is 4.77. The van der Waals surface area contributed by atoms with Gasteiger partial charge >= 0.3 is 0 Å². The summed E-state index contributed by atoms with van der Waals surface area (Å²) in [6, 6.07) is 7.82. The Labute approximate surface area is 112 Å². The van der Waals surface area contributed by atoms with Gasteiger partial charge in [-0.3, -0.25) is 4.79 Å². The summed E-state index contributed by atoms with van der Waals surface area (Å²) < 4.78 is 26.5. The van der Waals surface area contributed by atoms with Crippen molar-refractivity contribution in [2.75, 3.05) is 0 Å². The molecule has 0 bridgehead atoms. The Hall–Kier alpha value is -1.55. The topological polar surface area (TPSA) is 17.1 Å². The Morgan fingerprint density at radius 3 is 2.28 bits per heavy atom. The van der Waals surface area contributed by atoms with Gasteiger partial charge in [0.2, 0.25) is 0 Å². The van der Waals surface area contributed by atoms with Gasteiger partial charge < -0.3 is 0 Å². The van der Waals surface area contributed by atoms with E-state index >= 15 is 0 Å². The number of rotatable bonds is 2. The number of ketones is 1. The van der Waals surface area contributed by atoms with Gasteiger partial charge in [0.15, 0.2) is 5.78 Å². The minimum absolute atomic E-state index is 0.280. The molecule has 0 amide bonds. The summed E-state index contributed by atoms with van der Waals surface area (Å²) in [5.41, 5.74) is 1.27. The highest BCUT2D eigenvalue weighted by Gasteiger charge is 2.15. The predicted molar refractivity (Wildman–Crippen MR) is 68.7 cm³/mol. The Morgan fingerprint density at radius 2 is 1.61 bits per heavy atom. The summed E-state index contributed by atoms with van der Waals surface area (Å²) in [5, 5.41) is 0. The van der Waals surface area contributed by atoms with Crippen LogP contribution in [-0.4, -0.2) is 5.78 Å². The molecule has 0 saturated carbocycles. The van der Waals surface area contributed by atoms with Crippen molar-refractivity contribution < 1.29 is 13.6 Å². The third-order valence-corrected chi connectivity index (χ3v) is 3.28. The van der Waals surface area contributed by atoms with Crippen LogP contribution in [-0.2, 0) is 0 Å². The van der Waals surface area contributed by atoms with Crippen LogP contribution in [0.3, 0.4) is 0 Å². The quantitative estimate of drug-likeness (QED) is 0.757. The third-order valence-electron chi connectivity index (χ3n) is 2.62. The molecule has 0 saturated heterocycles. The SMILES string of the molecule is Cc1ccc(F)cc1C(=O)c1ccc(F)cc1Br. The minimum atomic E-state index is -0.470. The molecule has 0 aliphatic rings. The molecule has 0 fully saturated rings. The maximum absolute atomic E-state index is 13.2. The highest BCUT2D eigenvalue weighted by atomic mass is 79.9. The number of hydrogen-bond acceptors (Lipinski definition) is 1. The molecule has 0 heterocycles. The van der Waals surface area contributed by atoms with Crippen LogP contribution in [0.5, 0.6) is 0 Å². The predicted octanol–water partition coefficient (Wildman–Crippen LogP) is 4.27. The number of hydrogen-bond donors (Lipinski definition) is 0. The molecular formula is C14H9BrF2O. The van der Waals surface area contributed by atoms with Crippen LogP contribution in [0, 0.1) is 18.6 Å². The molecule has 0 N–H and O–H groups in total. The molecule has 18 heavy (non-hydrogen) atoms. The van der Waals surface area contributed by atoms with Gasteiger partial charge in [-0.25, -0.2) is 8.78 Å². The zero-order valence-corrected chi connectivity index (χ0v) is 11.1. The number of carbonyl (C=O) groups excluding carboxylic acids is 1. The third kappa shape index (κ3) is 2.48. The Kier molecular flexibility index (Phi) is 3.57. The van der Waals surface area contributed by atoms with E-state index in [0.717, 1.165) is 0 Å². The molecule has 2 rings (SSSR count). The van der Waals surface area contributed by atoms with Crippen molar-refractivity contribution >= 4 is 21.7 Å². The molecule has 0 aliphatic heterocycles. The van der Waals surface area contributed by atoms with Gasteiger partial charge in [-0.05, 0) is 58.7 Å². The molecule has 2 aromatic carbocycles. The Bertz CT molecular complexity index is 623. The fraction of sp³-hybridized carbons (Fsp3) is 0.0714. The smallest absolute Gasteiger partial charge is 0.194 e. The monoisotopic (exact) mass is 310 g/mol. The van der Waals surface area contributed by atoms with E-state index in [1.165, 1.54) is 30.3 Å². The summed E-state index contributed by atoms with van der Waals surface area (Å²) in [6.45, 7) is 1.73. The molecule has 2 aromatic rings. The zero-order chi connectivity index (χ0) is 13.3. The van der Waals surface area contributed by atoms with Crippen molar-refractivity contribution in [3.8, 4) is 0 Å². The van der Waals surface area contributed by atoms with Crippen LogP contribution < -0.4 is 0 Å². The molecule has 0 aliphatic carbocycles. The molecule has 1 nitrogen and oxygen atoms in total. The van der Waals surface area contributed by atoms with Crippen molar-refractivity contribution in [1.82, 2.24) is 0 Å². The maximum Gasteiger partial charge on any atom is 0.194 e. The lowest BCUT2D eigenvalue weighted by molar-refractivity contribution is 0.103. The van der Waals surface area contributed by atoms with Crippen LogP contribution in [0.1, 0.15) is 21.5 Å². The molecule has 0 radical (unpaired) electrons. The molecule has 0 unspecified atom stereocenters. The largest absolute Gasteiger partial charge is 0.289 e. The van der Waals surface area contributed by atoms with Gasteiger partial charge in [0, 0.05) is 15.6 Å². The van der Waals surface area contributed by atoms with E-state index in [0.29, 0.717) is 15.6 Å². The van der Waals surface area contributed by atoms with Gasteiger partial charge in [-0.2, -0.15) is 0 Å². The number of halogens is 3. The summed E-state index contributed by atoms with van der Waals surface area (Å²) in [4.78, 5) is 12.2. The lowest BCUT2D eigenvalue weighted by Gasteiger charge is -2.07. The van der Waals surface area contributed by atoms with Crippen LogP contribution in [0.4, 0.5) is 8.78 Å². The van der Waals surface area contributed by atoms with Gasteiger partial charge in [0.1, 0.15) is 11.6 Å². The maximum atomic E-state index is 13.2. The van der Waals surface area contributed by atoms with E-state index < -0.39 is 11.6 Å². The Balaban J connectivity index is 2.51. The molecule has 0 spiro atoms. The summed E-state index contributed by atoms with van der Waals surface area (Å²) in [5.74, 6) is -1.24. The highest BCUT2D eigenvalue weighted by molar-refractivity contribution is 9.10. The molecule has 0 atom stereocenters. The average molecular weight is 311 g/mol. The molecule has 4 heteroatoms. The van der Waals surface area contributed by atoms with E-state index in [4.69, 9.17) is 0 Å². The van der Waals surface area contributed by atoms with Gasteiger partial charge in [0.05, 0.1) is 0 Å². The Morgan fingerprint density at radius 1 is 1.00 bits per heavy atom. The lowest BCUT2D eigenvalue weighted by Crippen LogP contribution is -2.05. The summed E-state index contributed by atoms with van der Waals surface area (Å²) in [6.07, 6.45) is 0. The van der Waals surface area contributed by atoms with Crippen LogP contribution in [0.25, 0.3) is 0 Å². The van der Waals surface area contributed by atoms with Crippen molar-refractivity contribution in [2.45, 2.75) is 6.92 Å². The average Bonchev–Trinajstić information content (AvgIpc) is 2.31. The van der Waals surface area contributed by atoms with Crippen molar-refractivity contribution in [3.05, 3.63) is 69.2 Å². The van der Waals surface area contributed by atoms with Crippen molar-refractivity contribution in [2.24, 2.45) is 0 Å². The van der Waals surface area contributed by atoms with Crippen molar-refractivity contribution in [1.29, 1.82) is 0 Å². The second-order valence-electron chi connectivity index (χ2n) is 3.91. The van der Waals surface area contributed by atoms with Gasteiger partial charge in [-0.1, -0.05) is 6.07 Å². The molecular weight excluding hydrogens is 302 g/mol. The zero-order valence-electron chi connectivity index (χ0n) is 9.51. The first-order valence-corrected chi connectivity index (χ1v) is 6.04. The molecule has 92 valence electrons. The number of aryl methyl sites for hydroxylation is 1. The van der Waals surface area contributed by atoms with Gasteiger partial charge in [0.25, 0.3) is 0 Å². The van der Waals surface area contributed by atoms with Crippen molar-refractivity contribution in [3.63, 3.8) is 0 Å². The highest BCUT2D eigenvalue weighted by Crippen LogP contribution is 2.23. The van der Waals surface area contributed by atoms with Crippen LogP contribution in [0.15, 0.2) is 40.9 Å². The first kappa shape index (κ1) is 12.9.